The minimum atomic E-state index is -0.0925. The number of fused-ring (bicyclic) bond motifs is 1. The van der Waals surface area contributed by atoms with Crippen molar-refractivity contribution in [3.05, 3.63) is 60.2 Å². The highest BCUT2D eigenvalue weighted by Gasteiger charge is 2.25. The van der Waals surface area contributed by atoms with Gasteiger partial charge in [0.15, 0.2) is 0 Å². The zero-order valence-electron chi connectivity index (χ0n) is 16.5. The number of para-hydroxylation sites is 2. The number of rotatable bonds is 5. The maximum atomic E-state index is 12.6. The van der Waals surface area contributed by atoms with E-state index in [0.717, 1.165) is 44.7 Å². The second-order valence-corrected chi connectivity index (χ2v) is 8.81. The first kappa shape index (κ1) is 19.8. The summed E-state index contributed by atoms with van der Waals surface area (Å²) in [6, 6.07) is 18.3. The lowest BCUT2D eigenvalue weighted by Gasteiger charge is -2.36. The first-order valence-corrected chi connectivity index (χ1v) is 11.3. The van der Waals surface area contributed by atoms with Gasteiger partial charge in [0.1, 0.15) is 0 Å². The lowest BCUT2D eigenvalue weighted by Crippen LogP contribution is -2.48. The third-order valence-electron chi connectivity index (χ3n) is 5.63. The van der Waals surface area contributed by atoms with Gasteiger partial charge in [-0.25, -0.2) is 0 Å². The molecule has 2 aromatic carbocycles. The topological polar surface area (TPSA) is 52.7 Å². The number of hydrogen-bond acceptors (Lipinski definition) is 4. The Morgan fingerprint density at radius 2 is 1.72 bits per heavy atom. The Balaban J connectivity index is 1.21. The number of nitrogens with one attached hydrogen (secondary N) is 1. The van der Waals surface area contributed by atoms with E-state index in [0.29, 0.717) is 12.2 Å². The lowest BCUT2D eigenvalue weighted by molar-refractivity contribution is -0.131. The van der Waals surface area contributed by atoms with Gasteiger partial charge in [0.2, 0.25) is 11.8 Å². The molecule has 2 aliphatic rings. The molecule has 0 unspecified atom stereocenters. The zero-order chi connectivity index (χ0) is 20.1. The lowest BCUT2D eigenvalue weighted by atomic mass is 10.1. The predicted octanol–water partition coefficient (Wildman–Crippen LogP) is 3.41. The smallest absolute Gasteiger partial charge is 0.237 e. The standard InChI is InChI=1S/C23H27N3O2S/c27-22(26-15-13-25(14-16-26)19-7-2-1-3-8-19)12-17-29-21-11-10-18-6-4-5-9-20(18)24-23(21)28/h1-9,21H,10-17H2,(H,24,28)/t21-/m1/s1. The second-order valence-electron chi connectivity index (χ2n) is 7.50. The molecule has 2 amide bonds. The first-order valence-electron chi connectivity index (χ1n) is 10.3. The van der Waals surface area contributed by atoms with Gasteiger partial charge in [0.05, 0.1) is 5.25 Å². The van der Waals surface area contributed by atoms with E-state index in [1.54, 1.807) is 11.8 Å². The maximum Gasteiger partial charge on any atom is 0.237 e. The van der Waals surface area contributed by atoms with Gasteiger partial charge in [-0.2, -0.15) is 0 Å². The van der Waals surface area contributed by atoms with Gasteiger partial charge >= 0.3 is 0 Å². The van der Waals surface area contributed by atoms with Gasteiger partial charge in [-0.3, -0.25) is 9.59 Å². The van der Waals surface area contributed by atoms with E-state index in [2.05, 4.69) is 28.4 Å². The summed E-state index contributed by atoms with van der Waals surface area (Å²) in [5.74, 6) is 0.943. The summed E-state index contributed by atoms with van der Waals surface area (Å²) in [5.41, 5.74) is 3.33. The summed E-state index contributed by atoms with van der Waals surface area (Å²) in [7, 11) is 0. The third kappa shape index (κ3) is 4.93. The Hall–Kier alpha value is -2.47. The first-order chi connectivity index (χ1) is 14.2. The average molecular weight is 410 g/mol. The number of piperazine rings is 1. The molecule has 2 aromatic rings. The molecule has 0 saturated carbocycles. The fourth-order valence-corrected chi connectivity index (χ4v) is 5.02. The van der Waals surface area contributed by atoms with Gasteiger partial charge < -0.3 is 15.1 Å². The number of carbonyl (C=O) groups excluding carboxylic acids is 2. The molecule has 1 saturated heterocycles. The summed E-state index contributed by atoms with van der Waals surface area (Å²) < 4.78 is 0. The highest BCUT2D eigenvalue weighted by Crippen LogP contribution is 2.27. The normalized spacial score (nSPS) is 19.3. The van der Waals surface area contributed by atoms with Crippen LogP contribution in [0.2, 0.25) is 0 Å². The van der Waals surface area contributed by atoms with Crippen molar-refractivity contribution in [2.45, 2.75) is 24.5 Å². The molecule has 2 aliphatic heterocycles. The zero-order valence-corrected chi connectivity index (χ0v) is 17.4. The minimum absolute atomic E-state index is 0.0591. The van der Waals surface area contributed by atoms with E-state index in [9.17, 15) is 9.59 Å². The number of amides is 2. The fraction of sp³-hybridized carbons (Fsp3) is 0.391. The van der Waals surface area contributed by atoms with Crippen molar-refractivity contribution in [2.24, 2.45) is 0 Å². The number of benzene rings is 2. The molecule has 0 spiro atoms. The van der Waals surface area contributed by atoms with Crippen LogP contribution in [-0.4, -0.2) is 53.9 Å². The summed E-state index contributed by atoms with van der Waals surface area (Å²) in [4.78, 5) is 29.4. The molecule has 0 aromatic heterocycles. The second kappa shape index (κ2) is 9.35. The van der Waals surface area contributed by atoms with Crippen molar-refractivity contribution < 1.29 is 9.59 Å². The van der Waals surface area contributed by atoms with E-state index in [4.69, 9.17) is 0 Å². The highest BCUT2D eigenvalue weighted by molar-refractivity contribution is 8.00. The van der Waals surface area contributed by atoms with Crippen LogP contribution in [-0.2, 0) is 16.0 Å². The van der Waals surface area contributed by atoms with Crippen molar-refractivity contribution in [3.8, 4) is 0 Å². The van der Waals surface area contributed by atoms with Crippen molar-refractivity contribution in [2.75, 3.05) is 42.1 Å². The van der Waals surface area contributed by atoms with Crippen LogP contribution in [0.15, 0.2) is 54.6 Å². The number of anilines is 2. The fourth-order valence-electron chi connectivity index (χ4n) is 3.95. The molecule has 5 nitrogen and oxygen atoms in total. The Kier molecular flexibility index (Phi) is 6.39. The van der Waals surface area contributed by atoms with Gasteiger partial charge in [-0.05, 0) is 36.6 Å². The van der Waals surface area contributed by atoms with Gasteiger partial charge in [-0.1, -0.05) is 36.4 Å². The van der Waals surface area contributed by atoms with Crippen LogP contribution in [0.25, 0.3) is 0 Å². The number of aryl methyl sites for hydroxylation is 1. The third-order valence-corrected chi connectivity index (χ3v) is 6.92. The van der Waals surface area contributed by atoms with Crippen LogP contribution in [0.5, 0.6) is 0 Å². The predicted molar refractivity (Wildman–Crippen MR) is 119 cm³/mol. The molecule has 1 fully saturated rings. The van der Waals surface area contributed by atoms with Crippen LogP contribution in [0.1, 0.15) is 18.4 Å². The molecule has 152 valence electrons. The van der Waals surface area contributed by atoms with Gasteiger partial charge in [0.25, 0.3) is 0 Å². The number of carbonyl (C=O) groups is 2. The SMILES string of the molecule is O=C1Nc2ccccc2CC[C@H]1SCCC(=O)N1CCN(c2ccccc2)CC1. The van der Waals surface area contributed by atoms with E-state index >= 15 is 0 Å². The van der Waals surface area contributed by atoms with E-state index in [1.807, 2.05) is 41.3 Å². The summed E-state index contributed by atoms with van der Waals surface area (Å²) in [6.45, 7) is 3.26. The molecule has 1 N–H and O–H groups in total. The van der Waals surface area contributed by atoms with Crippen LogP contribution in [0.4, 0.5) is 11.4 Å². The molecule has 0 aliphatic carbocycles. The molecule has 1 atom stereocenters. The van der Waals surface area contributed by atoms with Gasteiger partial charge in [-0.15, -0.1) is 11.8 Å². The highest BCUT2D eigenvalue weighted by atomic mass is 32.2. The van der Waals surface area contributed by atoms with Crippen molar-refractivity contribution in [1.29, 1.82) is 0 Å². The maximum absolute atomic E-state index is 12.6. The van der Waals surface area contributed by atoms with Crippen LogP contribution >= 0.6 is 11.8 Å². The molecule has 0 radical (unpaired) electrons. The molecule has 2 heterocycles. The summed E-state index contributed by atoms with van der Waals surface area (Å²) >= 11 is 1.61. The number of nitrogens with zero attached hydrogens (tertiary/aromatic N) is 2. The summed E-state index contributed by atoms with van der Waals surface area (Å²) in [6.07, 6.45) is 2.20. The Morgan fingerprint density at radius 3 is 2.52 bits per heavy atom. The summed E-state index contributed by atoms with van der Waals surface area (Å²) in [5, 5.41) is 2.94. The Bertz CT molecular complexity index is 850. The number of thioether (sulfide) groups is 1. The molecule has 4 rings (SSSR count). The molecule has 0 bridgehead atoms. The van der Waals surface area contributed by atoms with E-state index < -0.39 is 0 Å². The van der Waals surface area contributed by atoms with Crippen molar-refractivity contribution in [3.63, 3.8) is 0 Å². The van der Waals surface area contributed by atoms with E-state index in [-0.39, 0.29) is 17.1 Å². The largest absolute Gasteiger partial charge is 0.368 e. The molecule has 6 heteroatoms. The van der Waals surface area contributed by atoms with Crippen LogP contribution < -0.4 is 10.2 Å². The molecular weight excluding hydrogens is 382 g/mol. The van der Waals surface area contributed by atoms with Crippen molar-refractivity contribution in [1.82, 2.24) is 4.90 Å². The van der Waals surface area contributed by atoms with Gasteiger partial charge in [0, 0.05) is 49.7 Å². The van der Waals surface area contributed by atoms with Crippen LogP contribution in [0, 0.1) is 0 Å². The molecule has 29 heavy (non-hydrogen) atoms. The minimum Gasteiger partial charge on any atom is -0.368 e. The monoisotopic (exact) mass is 409 g/mol. The quantitative estimate of drug-likeness (QED) is 0.822. The van der Waals surface area contributed by atoms with Crippen LogP contribution in [0.3, 0.4) is 0 Å². The average Bonchev–Trinajstić information content (AvgIpc) is 2.93. The van der Waals surface area contributed by atoms with E-state index in [1.165, 1.54) is 11.3 Å². The Morgan fingerprint density at radius 1 is 1.00 bits per heavy atom. The Labute approximate surface area is 176 Å². The number of hydrogen-bond donors (Lipinski definition) is 1. The molecular formula is C23H27N3O2S. The van der Waals surface area contributed by atoms with Crippen molar-refractivity contribution >= 4 is 35.0 Å².